The quantitative estimate of drug-likeness (QED) is 0.546. The standard InChI is InChI=1S/C21H27O7P/c1-4-15-5-6-18(12(2)19(15)26-29(22,23)24)21(25-3)20(27-28-21)16-8-13-7-14(10-16)11-17(20)9-13/h4-6,13-14,16-17H,1,7-11H2,2-3H3,(H2,22,23,24). The fourth-order valence-corrected chi connectivity index (χ4v) is 7.28. The zero-order chi connectivity index (χ0) is 20.6. The third-order valence-corrected chi connectivity index (χ3v) is 8.09. The van der Waals surface area contributed by atoms with Crippen LogP contribution in [-0.2, 0) is 24.9 Å². The number of hydrogen-bond acceptors (Lipinski definition) is 5. The average Bonchev–Trinajstić information content (AvgIpc) is 2.63. The Morgan fingerprint density at radius 3 is 2.21 bits per heavy atom. The zero-order valence-corrected chi connectivity index (χ0v) is 17.6. The van der Waals surface area contributed by atoms with Crippen molar-refractivity contribution in [3.05, 3.63) is 35.4 Å². The Kier molecular flexibility index (Phi) is 4.35. The van der Waals surface area contributed by atoms with Crippen molar-refractivity contribution in [3.63, 3.8) is 0 Å². The van der Waals surface area contributed by atoms with Crippen LogP contribution in [0, 0.1) is 30.6 Å². The lowest BCUT2D eigenvalue weighted by molar-refractivity contribution is -0.645. The van der Waals surface area contributed by atoms with E-state index in [9.17, 15) is 14.4 Å². The minimum atomic E-state index is -4.75. The van der Waals surface area contributed by atoms with Gasteiger partial charge in [0.2, 0.25) is 0 Å². The topological polar surface area (TPSA) is 94.5 Å². The van der Waals surface area contributed by atoms with Crippen LogP contribution in [0.15, 0.2) is 18.7 Å². The molecule has 1 heterocycles. The lowest BCUT2D eigenvalue weighted by atomic mass is 9.47. The molecule has 5 fully saturated rings. The normalized spacial score (nSPS) is 40.1. The molecule has 0 radical (unpaired) electrons. The van der Waals surface area contributed by atoms with Crippen molar-refractivity contribution in [2.45, 2.75) is 50.4 Å². The summed E-state index contributed by atoms with van der Waals surface area (Å²) in [5, 5.41) is 0. The van der Waals surface area contributed by atoms with Crippen molar-refractivity contribution in [2.24, 2.45) is 23.7 Å². The number of phosphoric ester groups is 1. The van der Waals surface area contributed by atoms with Gasteiger partial charge in [-0.3, -0.25) is 9.79 Å². The molecule has 1 unspecified atom stereocenters. The van der Waals surface area contributed by atoms with E-state index in [4.69, 9.17) is 19.0 Å². The van der Waals surface area contributed by atoms with E-state index in [1.807, 2.05) is 6.07 Å². The Bertz CT molecular complexity index is 875. The summed E-state index contributed by atoms with van der Waals surface area (Å²) >= 11 is 0. The van der Waals surface area contributed by atoms with Gasteiger partial charge in [0.15, 0.2) is 5.60 Å². The third kappa shape index (κ3) is 2.59. The number of phosphoric acid groups is 1. The maximum absolute atomic E-state index is 11.6. The molecule has 6 rings (SSSR count). The molecule has 4 aliphatic carbocycles. The molecule has 8 heteroatoms. The first kappa shape index (κ1) is 19.7. The summed E-state index contributed by atoms with van der Waals surface area (Å²) in [7, 11) is -3.14. The molecule has 1 aliphatic heterocycles. The van der Waals surface area contributed by atoms with Crippen molar-refractivity contribution in [2.75, 3.05) is 7.11 Å². The molecule has 1 aromatic rings. The van der Waals surface area contributed by atoms with Gasteiger partial charge in [-0.15, -0.1) is 0 Å². The second-order valence-electron chi connectivity index (χ2n) is 9.03. The minimum absolute atomic E-state index is 0.0942. The molecule has 4 bridgehead atoms. The van der Waals surface area contributed by atoms with E-state index in [1.54, 1.807) is 20.1 Å². The maximum atomic E-state index is 11.6. The molecule has 1 aromatic carbocycles. The fraction of sp³-hybridized carbons (Fsp3) is 0.619. The molecule has 1 spiro atoms. The smallest absolute Gasteiger partial charge is 0.403 e. The van der Waals surface area contributed by atoms with Crippen LogP contribution in [0.1, 0.15) is 48.8 Å². The van der Waals surface area contributed by atoms with Crippen LogP contribution < -0.4 is 4.52 Å². The van der Waals surface area contributed by atoms with Gasteiger partial charge in [-0.1, -0.05) is 24.8 Å². The molecule has 158 valence electrons. The Morgan fingerprint density at radius 2 is 1.76 bits per heavy atom. The van der Waals surface area contributed by atoms with E-state index in [1.165, 1.54) is 12.5 Å². The highest BCUT2D eigenvalue weighted by Crippen LogP contribution is 2.69. The molecule has 1 saturated heterocycles. The highest BCUT2D eigenvalue weighted by atomic mass is 31.2. The lowest BCUT2D eigenvalue weighted by Gasteiger charge is -2.68. The number of rotatable bonds is 5. The molecule has 29 heavy (non-hydrogen) atoms. The second kappa shape index (κ2) is 6.39. The van der Waals surface area contributed by atoms with Crippen LogP contribution >= 0.6 is 7.82 Å². The van der Waals surface area contributed by atoms with Gasteiger partial charge in [-0.2, -0.15) is 4.89 Å². The van der Waals surface area contributed by atoms with Crippen molar-refractivity contribution in [3.8, 4) is 5.75 Å². The zero-order valence-electron chi connectivity index (χ0n) is 16.7. The molecule has 0 aromatic heterocycles. The summed E-state index contributed by atoms with van der Waals surface area (Å²) in [5.74, 6) is 1.16. The highest BCUT2D eigenvalue weighted by Gasteiger charge is 2.76. The van der Waals surface area contributed by atoms with Gasteiger partial charge in [0.25, 0.3) is 5.79 Å². The van der Waals surface area contributed by atoms with Crippen LogP contribution in [0.2, 0.25) is 0 Å². The van der Waals surface area contributed by atoms with E-state index < -0.39 is 19.2 Å². The van der Waals surface area contributed by atoms with Gasteiger partial charge in [0.1, 0.15) is 5.75 Å². The fourth-order valence-electron chi connectivity index (χ4n) is 6.80. The summed E-state index contributed by atoms with van der Waals surface area (Å²) in [4.78, 5) is 30.6. The van der Waals surface area contributed by atoms with Crippen LogP contribution in [-0.4, -0.2) is 22.5 Å². The predicted molar refractivity (Wildman–Crippen MR) is 105 cm³/mol. The van der Waals surface area contributed by atoms with Gasteiger partial charge >= 0.3 is 7.82 Å². The van der Waals surface area contributed by atoms with Gasteiger partial charge in [-0.25, -0.2) is 9.45 Å². The molecule has 7 nitrogen and oxygen atoms in total. The molecule has 0 amide bonds. The maximum Gasteiger partial charge on any atom is 0.524 e. The molecule has 1 atom stereocenters. The largest absolute Gasteiger partial charge is 0.524 e. The third-order valence-electron chi connectivity index (χ3n) is 7.67. The summed E-state index contributed by atoms with van der Waals surface area (Å²) in [6.07, 6.45) is 7.26. The van der Waals surface area contributed by atoms with Crippen LogP contribution in [0.5, 0.6) is 5.75 Å². The first-order chi connectivity index (χ1) is 13.7. The minimum Gasteiger partial charge on any atom is -0.403 e. The average molecular weight is 422 g/mol. The van der Waals surface area contributed by atoms with Crippen LogP contribution in [0.3, 0.4) is 0 Å². The molecular formula is C21H27O7P. The van der Waals surface area contributed by atoms with E-state index in [-0.39, 0.29) is 5.75 Å². The Balaban J connectivity index is 1.64. The van der Waals surface area contributed by atoms with E-state index in [0.717, 1.165) is 37.5 Å². The Labute approximate surface area is 170 Å². The number of benzene rings is 1. The van der Waals surface area contributed by atoms with Crippen molar-refractivity contribution in [1.29, 1.82) is 0 Å². The van der Waals surface area contributed by atoms with Crippen LogP contribution in [0.25, 0.3) is 6.08 Å². The number of methoxy groups -OCH3 is 1. The Hall–Kier alpha value is -1.21. The van der Waals surface area contributed by atoms with Crippen molar-refractivity contribution >= 4 is 13.9 Å². The van der Waals surface area contributed by atoms with Gasteiger partial charge in [-0.05, 0) is 62.7 Å². The predicted octanol–water partition coefficient (Wildman–Crippen LogP) is 4.07. The number of hydrogen-bond donors (Lipinski definition) is 2. The molecule has 5 aliphatic rings. The summed E-state index contributed by atoms with van der Waals surface area (Å²) < 4.78 is 22.7. The summed E-state index contributed by atoms with van der Waals surface area (Å²) in [5.41, 5.74) is 1.17. The first-order valence-corrected chi connectivity index (χ1v) is 11.7. The summed E-state index contributed by atoms with van der Waals surface area (Å²) in [6, 6.07) is 3.60. The summed E-state index contributed by atoms with van der Waals surface area (Å²) in [6.45, 7) is 5.50. The van der Waals surface area contributed by atoms with Crippen molar-refractivity contribution < 1.29 is 33.4 Å². The Morgan fingerprint density at radius 1 is 1.14 bits per heavy atom. The lowest BCUT2D eigenvalue weighted by Crippen LogP contribution is -2.76. The van der Waals surface area contributed by atoms with E-state index >= 15 is 0 Å². The second-order valence-corrected chi connectivity index (χ2v) is 10.2. The van der Waals surface area contributed by atoms with Gasteiger partial charge in [0.05, 0.1) is 0 Å². The number of ether oxygens (including phenoxy) is 1. The van der Waals surface area contributed by atoms with Crippen LogP contribution in [0.4, 0.5) is 0 Å². The molecule has 2 N–H and O–H groups in total. The first-order valence-electron chi connectivity index (χ1n) is 10.2. The highest BCUT2D eigenvalue weighted by molar-refractivity contribution is 7.46. The van der Waals surface area contributed by atoms with E-state index in [2.05, 4.69) is 6.58 Å². The van der Waals surface area contributed by atoms with Gasteiger partial charge in [0, 0.05) is 23.8 Å². The van der Waals surface area contributed by atoms with E-state index in [0.29, 0.717) is 28.5 Å². The molecule has 4 saturated carbocycles. The molecular weight excluding hydrogens is 395 g/mol. The van der Waals surface area contributed by atoms with Crippen molar-refractivity contribution in [1.82, 2.24) is 0 Å². The SMILES string of the molecule is C=Cc1ccc(C2(OC)OOC23C2CC4CC(C2)CC3C4)c(C)c1OP(=O)(O)O. The monoisotopic (exact) mass is 422 g/mol. The van der Waals surface area contributed by atoms with Gasteiger partial charge < -0.3 is 9.26 Å².